The zero-order chi connectivity index (χ0) is 20.9. The third-order valence-corrected chi connectivity index (χ3v) is 5.51. The van der Waals surface area contributed by atoms with E-state index in [9.17, 15) is 4.79 Å². The van der Waals surface area contributed by atoms with Gasteiger partial charge in [-0.2, -0.15) is 5.10 Å². The molecule has 1 saturated heterocycles. The highest BCUT2D eigenvalue weighted by Crippen LogP contribution is 2.50. The van der Waals surface area contributed by atoms with Crippen molar-refractivity contribution in [3.63, 3.8) is 0 Å². The number of rotatable bonds is 5. The molecule has 29 heavy (non-hydrogen) atoms. The first-order valence-electron chi connectivity index (χ1n) is 9.54. The van der Waals surface area contributed by atoms with Crippen LogP contribution in [-0.2, 0) is 9.53 Å². The van der Waals surface area contributed by atoms with E-state index in [1.165, 1.54) is 0 Å². The first-order chi connectivity index (χ1) is 13.9. The highest BCUT2D eigenvalue weighted by Gasteiger charge is 2.47. The van der Waals surface area contributed by atoms with E-state index >= 15 is 0 Å². The van der Waals surface area contributed by atoms with Crippen LogP contribution in [0.1, 0.15) is 42.6 Å². The minimum absolute atomic E-state index is 0.136. The normalized spacial score (nSPS) is 20.1. The Morgan fingerprint density at radius 2 is 1.76 bits per heavy atom. The van der Waals surface area contributed by atoms with Gasteiger partial charge in [-0.15, -0.1) is 0 Å². The summed E-state index contributed by atoms with van der Waals surface area (Å²) >= 11 is 0. The van der Waals surface area contributed by atoms with Crippen molar-refractivity contribution < 1.29 is 23.7 Å². The number of benzene rings is 1. The molecule has 154 valence electrons. The number of carbonyl (C=O) groups is 1. The number of aliphatic imine (C=N–C) groups is 1. The van der Waals surface area contributed by atoms with Crippen molar-refractivity contribution in [2.75, 3.05) is 27.9 Å². The molecule has 0 spiro atoms. The number of esters is 1. The molecule has 2 aromatic rings. The molecule has 8 heteroatoms. The summed E-state index contributed by atoms with van der Waals surface area (Å²) in [7, 11) is 4.72. The molecule has 3 heterocycles. The second-order valence-corrected chi connectivity index (χ2v) is 7.49. The summed E-state index contributed by atoms with van der Waals surface area (Å²) in [5, 5.41) is 4.71. The molecule has 8 nitrogen and oxygen atoms in total. The Kier molecular flexibility index (Phi) is 4.72. The van der Waals surface area contributed by atoms with Gasteiger partial charge < -0.3 is 18.9 Å². The number of fused-ring (bicyclic) bond motifs is 2. The molecule has 1 aromatic heterocycles. The average molecular weight is 399 g/mol. The van der Waals surface area contributed by atoms with Gasteiger partial charge in [-0.25, -0.2) is 9.67 Å². The minimum atomic E-state index is -0.492. The topological polar surface area (TPSA) is 84.2 Å². The Balaban J connectivity index is 1.98. The highest BCUT2D eigenvalue weighted by atomic mass is 16.5. The summed E-state index contributed by atoms with van der Waals surface area (Å²) in [6.45, 7) is 6.27. The molecular weight excluding hydrogens is 374 g/mol. The van der Waals surface area contributed by atoms with E-state index in [1.54, 1.807) is 21.3 Å². The third kappa shape index (κ3) is 2.85. The van der Waals surface area contributed by atoms with E-state index in [2.05, 4.69) is 13.8 Å². The molecule has 0 bridgehead atoms. The Hall–Kier alpha value is -3.03. The standard InChI is InChI=1S/C21H25N3O5/c1-10(2)24-20-16(11(3)23-24)17(18-13(22-20)9-29-21(18)25)12-7-14(26-4)19(28-6)15(8-12)27-5/h7-8,10,17-18H,9H2,1-6H3. The average Bonchev–Trinajstić information content (AvgIpc) is 3.25. The van der Waals surface area contributed by atoms with E-state index < -0.39 is 5.92 Å². The summed E-state index contributed by atoms with van der Waals surface area (Å²) in [6.07, 6.45) is 0. The van der Waals surface area contributed by atoms with E-state index in [0.717, 1.165) is 28.4 Å². The number of carbonyl (C=O) groups excluding carboxylic acids is 1. The van der Waals surface area contributed by atoms with Crippen molar-refractivity contribution >= 4 is 17.5 Å². The zero-order valence-corrected chi connectivity index (χ0v) is 17.5. The predicted molar refractivity (Wildman–Crippen MR) is 107 cm³/mol. The van der Waals surface area contributed by atoms with Crippen molar-refractivity contribution in [2.45, 2.75) is 32.7 Å². The number of nitrogens with zero attached hydrogens (tertiary/aromatic N) is 3. The number of hydrogen-bond donors (Lipinski definition) is 0. The molecule has 0 aliphatic carbocycles. The fourth-order valence-corrected chi connectivity index (χ4v) is 4.22. The SMILES string of the molecule is COc1cc(C2c3c(C)nn(C(C)C)c3N=C3COC(=O)C32)cc(OC)c1OC. The maximum absolute atomic E-state index is 12.7. The number of aromatic nitrogens is 2. The predicted octanol–water partition coefficient (Wildman–Crippen LogP) is 3.19. The van der Waals surface area contributed by atoms with Crippen LogP contribution in [0, 0.1) is 12.8 Å². The lowest BCUT2D eigenvalue weighted by molar-refractivity contribution is -0.141. The van der Waals surface area contributed by atoms with Gasteiger partial charge in [0.2, 0.25) is 5.75 Å². The van der Waals surface area contributed by atoms with Gasteiger partial charge in [-0.05, 0) is 38.5 Å². The second-order valence-electron chi connectivity index (χ2n) is 7.49. The Bertz CT molecular complexity index is 983. The molecule has 2 unspecified atom stereocenters. The van der Waals surface area contributed by atoms with Crippen LogP contribution in [0.5, 0.6) is 17.2 Å². The van der Waals surface area contributed by atoms with Crippen molar-refractivity contribution in [2.24, 2.45) is 10.9 Å². The first kappa shape index (κ1) is 19.3. The largest absolute Gasteiger partial charge is 0.493 e. The molecule has 1 fully saturated rings. The Morgan fingerprint density at radius 3 is 2.31 bits per heavy atom. The molecule has 2 aliphatic rings. The quantitative estimate of drug-likeness (QED) is 0.718. The van der Waals surface area contributed by atoms with Crippen LogP contribution in [0.4, 0.5) is 5.82 Å². The number of aryl methyl sites for hydroxylation is 1. The summed E-state index contributed by atoms with van der Waals surface area (Å²) in [6, 6.07) is 3.91. The van der Waals surface area contributed by atoms with Gasteiger partial charge >= 0.3 is 5.97 Å². The monoisotopic (exact) mass is 399 g/mol. The molecular formula is C21H25N3O5. The lowest BCUT2D eigenvalue weighted by Gasteiger charge is -2.27. The number of hydrogen-bond acceptors (Lipinski definition) is 7. The van der Waals surface area contributed by atoms with E-state index in [4.69, 9.17) is 29.0 Å². The molecule has 4 rings (SSSR count). The summed E-state index contributed by atoms with van der Waals surface area (Å²) < 4.78 is 23.8. The molecule has 2 atom stereocenters. The number of cyclic esters (lactones) is 1. The minimum Gasteiger partial charge on any atom is -0.493 e. The summed E-state index contributed by atoms with van der Waals surface area (Å²) in [5.41, 5.74) is 3.36. The van der Waals surface area contributed by atoms with Gasteiger partial charge in [0.15, 0.2) is 17.3 Å². The molecule has 0 amide bonds. The van der Waals surface area contributed by atoms with Gasteiger partial charge in [-0.3, -0.25) is 4.79 Å². The Morgan fingerprint density at radius 1 is 1.10 bits per heavy atom. The zero-order valence-electron chi connectivity index (χ0n) is 17.5. The van der Waals surface area contributed by atoms with Gasteiger partial charge in [-0.1, -0.05) is 0 Å². The molecule has 2 aliphatic heterocycles. The Labute approximate surface area is 169 Å². The first-order valence-corrected chi connectivity index (χ1v) is 9.54. The fourth-order valence-electron chi connectivity index (χ4n) is 4.22. The maximum Gasteiger partial charge on any atom is 0.316 e. The maximum atomic E-state index is 12.7. The van der Waals surface area contributed by atoms with Crippen LogP contribution in [0.15, 0.2) is 17.1 Å². The van der Waals surface area contributed by atoms with Crippen LogP contribution in [0.2, 0.25) is 0 Å². The second kappa shape index (κ2) is 7.09. The van der Waals surface area contributed by atoms with Crippen LogP contribution < -0.4 is 14.2 Å². The molecule has 0 N–H and O–H groups in total. The van der Waals surface area contributed by atoms with Gasteiger partial charge in [0.05, 0.1) is 32.7 Å². The van der Waals surface area contributed by atoms with Crippen LogP contribution in [0.25, 0.3) is 0 Å². The highest BCUT2D eigenvalue weighted by molar-refractivity contribution is 6.11. The van der Waals surface area contributed by atoms with Crippen molar-refractivity contribution in [3.8, 4) is 17.2 Å². The van der Waals surface area contributed by atoms with E-state index in [0.29, 0.717) is 17.2 Å². The number of methoxy groups -OCH3 is 3. The van der Waals surface area contributed by atoms with E-state index in [-0.39, 0.29) is 24.5 Å². The van der Waals surface area contributed by atoms with Gasteiger partial charge in [0.25, 0.3) is 0 Å². The van der Waals surface area contributed by atoms with Crippen molar-refractivity contribution in [1.82, 2.24) is 9.78 Å². The van der Waals surface area contributed by atoms with Crippen LogP contribution >= 0.6 is 0 Å². The fraction of sp³-hybridized carbons (Fsp3) is 0.476. The van der Waals surface area contributed by atoms with Crippen molar-refractivity contribution in [1.29, 1.82) is 0 Å². The molecule has 0 saturated carbocycles. The molecule has 1 aromatic carbocycles. The summed E-state index contributed by atoms with van der Waals surface area (Å²) in [5.74, 6) is 1.29. The van der Waals surface area contributed by atoms with Gasteiger partial charge in [0.1, 0.15) is 12.5 Å². The molecule has 0 radical (unpaired) electrons. The smallest absolute Gasteiger partial charge is 0.316 e. The van der Waals surface area contributed by atoms with Gasteiger partial charge in [0, 0.05) is 17.5 Å². The van der Waals surface area contributed by atoms with Crippen LogP contribution in [-0.4, -0.2) is 49.4 Å². The van der Waals surface area contributed by atoms with E-state index in [1.807, 2.05) is 23.7 Å². The lowest BCUT2D eigenvalue weighted by atomic mass is 9.77. The summed E-state index contributed by atoms with van der Waals surface area (Å²) in [4.78, 5) is 17.4. The van der Waals surface area contributed by atoms with Crippen molar-refractivity contribution in [3.05, 3.63) is 29.0 Å². The number of ether oxygens (including phenoxy) is 4. The van der Waals surface area contributed by atoms with Crippen LogP contribution in [0.3, 0.4) is 0 Å². The third-order valence-electron chi connectivity index (χ3n) is 5.51. The lowest BCUT2D eigenvalue weighted by Crippen LogP contribution is -2.28.